The first kappa shape index (κ1) is 12.4. The number of carbonyl (C=O) groups excluding carboxylic acids is 1. The Morgan fingerprint density at radius 2 is 1.94 bits per heavy atom. The lowest BCUT2D eigenvalue weighted by atomic mass is 10.0. The molecule has 0 saturated carbocycles. The van der Waals surface area contributed by atoms with E-state index in [0.717, 1.165) is 0 Å². The van der Waals surface area contributed by atoms with Crippen molar-refractivity contribution in [3.63, 3.8) is 0 Å². The van der Waals surface area contributed by atoms with Gasteiger partial charge in [0.15, 0.2) is 0 Å². The lowest BCUT2D eigenvalue weighted by molar-refractivity contribution is 0.0780. The van der Waals surface area contributed by atoms with Gasteiger partial charge in [0.2, 0.25) is 0 Å². The topological polar surface area (TPSA) is 20.3 Å². The summed E-state index contributed by atoms with van der Waals surface area (Å²) in [7, 11) is 0. The average molecular weight is 256 g/mol. The molecule has 1 aromatic rings. The quantitative estimate of drug-likeness (QED) is 0.755. The van der Waals surface area contributed by atoms with Gasteiger partial charge in [0.1, 0.15) is 5.82 Å². The van der Waals surface area contributed by atoms with E-state index in [0.29, 0.717) is 29.9 Å². The Kier molecular flexibility index (Phi) is 3.38. The third kappa shape index (κ3) is 2.44. The van der Waals surface area contributed by atoms with Gasteiger partial charge in [-0.2, -0.15) is 0 Å². The van der Waals surface area contributed by atoms with Crippen LogP contribution in [0.5, 0.6) is 0 Å². The smallest absolute Gasteiger partial charge is 0.256 e. The van der Waals surface area contributed by atoms with Crippen molar-refractivity contribution in [3.05, 3.63) is 34.6 Å². The first-order valence-electron chi connectivity index (χ1n) is 5.73. The molecule has 0 radical (unpaired) electrons. The van der Waals surface area contributed by atoms with Crippen molar-refractivity contribution in [2.24, 2.45) is 11.8 Å². The molecule has 0 aromatic heterocycles. The van der Waals surface area contributed by atoms with Crippen LogP contribution in [0, 0.1) is 17.7 Å². The minimum Gasteiger partial charge on any atom is -0.338 e. The first-order valence-corrected chi connectivity index (χ1v) is 6.11. The second kappa shape index (κ2) is 4.65. The van der Waals surface area contributed by atoms with Crippen molar-refractivity contribution in [2.45, 2.75) is 13.8 Å². The average Bonchev–Trinajstić information content (AvgIpc) is 2.62. The number of hydrogen-bond donors (Lipinski definition) is 0. The summed E-state index contributed by atoms with van der Waals surface area (Å²) in [6, 6.07) is 4.08. The zero-order valence-corrected chi connectivity index (χ0v) is 10.7. The molecule has 2 atom stereocenters. The van der Waals surface area contributed by atoms with Gasteiger partial charge in [-0.25, -0.2) is 4.39 Å². The van der Waals surface area contributed by atoms with Crippen molar-refractivity contribution in [1.29, 1.82) is 0 Å². The highest BCUT2D eigenvalue weighted by Crippen LogP contribution is 2.25. The zero-order valence-electron chi connectivity index (χ0n) is 9.91. The molecule has 0 aliphatic carbocycles. The van der Waals surface area contributed by atoms with Gasteiger partial charge in [-0.15, -0.1) is 0 Å². The number of halogens is 2. The van der Waals surface area contributed by atoms with Crippen LogP contribution in [0.2, 0.25) is 5.02 Å². The number of likely N-dealkylation sites (tertiary alicyclic amines) is 1. The predicted molar refractivity (Wildman–Crippen MR) is 65.6 cm³/mol. The number of rotatable bonds is 1. The van der Waals surface area contributed by atoms with Crippen LogP contribution in [0.3, 0.4) is 0 Å². The van der Waals surface area contributed by atoms with Gasteiger partial charge in [0.05, 0.1) is 5.56 Å². The summed E-state index contributed by atoms with van der Waals surface area (Å²) in [4.78, 5) is 13.8. The van der Waals surface area contributed by atoms with Gasteiger partial charge in [-0.1, -0.05) is 25.4 Å². The first-order chi connectivity index (χ1) is 7.99. The number of hydrogen-bond acceptors (Lipinski definition) is 1. The Morgan fingerprint density at radius 3 is 2.53 bits per heavy atom. The van der Waals surface area contributed by atoms with E-state index in [2.05, 4.69) is 13.8 Å². The van der Waals surface area contributed by atoms with Crippen molar-refractivity contribution >= 4 is 17.5 Å². The number of amides is 1. The third-order valence-electron chi connectivity index (χ3n) is 3.43. The molecule has 0 spiro atoms. The van der Waals surface area contributed by atoms with E-state index < -0.39 is 5.82 Å². The van der Waals surface area contributed by atoms with E-state index in [-0.39, 0.29) is 11.5 Å². The molecule has 0 bridgehead atoms. The lowest BCUT2D eigenvalue weighted by Crippen LogP contribution is -2.29. The highest BCUT2D eigenvalue weighted by molar-refractivity contribution is 6.31. The molecule has 0 N–H and O–H groups in total. The van der Waals surface area contributed by atoms with Crippen molar-refractivity contribution in [1.82, 2.24) is 4.90 Å². The van der Waals surface area contributed by atoms with Gasteiger partial charge in [-0.05, 0) is 30.0 Å². The molecule has 1 aliphatic rings. The number of benzene rings is 1. The molecular weight excluding hydrogens is 241 g/mol. The van der Waals surface area contributed by atoms with Gasteiger partial charge < -0.3 is 4.90 Å². The fourth-order valence-electron chi connectivity index (χ4n) is 2.13. The fraction of sp³-hybridized carbons (Fsp3) is 0.462. The molecule has 2 nitrogen and oxygen atoms in total. The maximum atomic E-state index is 13.6. The molecule has 1 saturated heterocycles. The maximum absolute atomic E-state index is 13.6. The van der Waals surface area contributed by atoms with Gasteiger partial charge in [0, 0.05) is 18.1 Å². The fourth-order valence-corrected chi connectivity index (χ4v) is 2.30. The molecule has 4 heteroatoms. The normalized spacial score (nSPS) is 24.1. The van der Waals surface area contributed by atoms with E-state index in [1.807, 2.05) is 0 Å². The summed E-state index contributed by atoms with van der Waals surface area (Å²) in [5.41, 5.74) is 0.0683. The van der Waals surface area contributed by atoms with Crippen LogP contribution < -0.4 is 0 Å². The maximum Gasteiger partial charge on any atom is 0.256 e. The summed E-state index contributed by atoms with van der Waals surface area (Å²) in [5.74, 6) is 0.148. The summed E-state index contributed by atoms with van der Waals surface area (Å²) in [6.07, 6.45) is 0. The van der Waals surface area contributed by atoms with Crippen LogP contribution in [-0.4, -0.2) is 23.9 Å². The minimum atomic E-state index is -0.508. The Labute approximate surface area is 105 Å². The van der Waals surface area contributed by atoms with Gasteiger partial charge >= 0.3 is 0 Å². The summed E-state index contributed by atoms with van der Waals surface area (Å²) in [5, 5.41) is 0.384. The highest BCUT2D eigenvalue weighted by Gasteiger charge is 2.30. The molecule has 1 fully saturated rings. The Bertz CT molecular complexity index is 439. The molecule has 1 amide bonds. The van der Waals surface area contributed by atoms with E-state index >= 15 is 0 Å². The molecule has 17 heavy (non-hydrogen) atoms. The number of nitrogens with zero attached hydrogens (tertiary/aromatic N) is 1. The Balaban J connectivity index is 2.23. The van der Waals surface area contributed by atoms with Gasteiger partial charge in [-0.3, -0.25) is 4.79 Å². The summed E-state index contributed by atoms with van der Waals surface area (Å²) in [6.45, 7) is 5.58. The van der Waals surface area contributed by atoms with Crippen LogP contribution in [0.1, 0.15) is 24.2 Å². The van der Waals surface area contributed by atoms with Crippen LogP contribution >= 0.6 is 11.6 Å². The van der Waals surface area contributed by atoms with E-state index in [1.165, 1.54) is 18.2 Å². The Morgan fingerprint density at radius 1 is 1.35 bits per heavy atom. The molecule has 92 valence electrons. The standard InChI is InChI=1S/C13H15ClFNO/c1-8-6-16(7-9(8)2)13(17)11-5-10(14)3-4-12(11)15/h3-5,8-9H,6-7H2,1-2H3. The number of carbonyl (C=O) groups is 1. The summed E-state index contributed by atoms with van der Waals surface area (Å²) < 4.78 is 13.6. The molecule has 2 rings (SSSR count). The second-order valence-corrected chi connectivity index (χ2v) is 5.23. The summed E-state index contributed by atoms with van der Waals surface area (Å²) >= 11 is 5.79. The van der Waals surface area contributed by atoms with Crippen molar-refractivity contribution < 1.29 is 9.18 Å². The zero-order chi connectivity index (χ0) is 12.6. The lowest BCUT2D eigenvalue weighted by Gasteiger charge is -2.16. The largest absolute Gasteiger partial charge is 0.338 e. The van der Waals surface area contributed by atoms with Crippen LogP contribution in [-0.2, 0) is 0 Å². The van der Waals surface area contributed by atoms with Crippen molar-refractivity contribution in [2.75, 3.05) is 13.1 Å². The SMILES string of the molecule is CC1CN(C(=O)c2cc(Cl)ccc2F)CC1C. The van der Waals surface area contributed by atoms with Crippen LogP contribution in [0.4, 0.5) is 4.39 Å². The van der Waals surface area contributed by atoms with E-state index in [9.17, 15) is 9.18 Å². The van der Waals surface area contributed by atoms with Crippen LogP contribution in [0.25, 0.3) is 0 Å². The molecule has 1 heterocycles. The van der Waals surface area contributed by atoms with Crippen molar-refractivity contribution in [3.8, 4) is 0 Å². The molecule has 1 aromatic carbocycles. The predicted octanol–water partition coefficient (Wildman–Crippen LogP) is 3.21. The van der Waals surface area contributed by atoms with E-state index in [1.54, 1.807) is 4.90 Å². The van der Waals surface area contributed by atoms with Crippen LogP contribution in [0.15, 0.2) is 18.2 Å². The van der Waals surface area contributed by atoms with Gasteiger partial charge in [0.25, 0.3) is 5.91 Å². The highest BCUT2D eigenvalue weighted by atomic mass is 35.5. The molecular formula is C13H15ClFNO. The third-order valence-corrected chi connectivity index (χ3v) is 3.67. The van der Waals surface area contributed by atoms with E-state index in [4.69, 9.17) is 11.6 Å². The monoisotopic (exact) mass is 255 g/mol. The minimum absolute atomic E-state index is 0.0683. The Hall–Kier alpha value is -1.09. The molecule has 2 unspecified atom stereocenters. The second-order valence-electron chi connectivity index (χ2n) is 4.79. The molecule has 1 aliphatic heterocycles.